The number of hydrogen-bond acceptors (Lipinski definition) is 4. The molecule has 1 aliphatic heterocycles. The Labute approximate surface area is 104 Å². The van der Waals surface area contributed by atoms with Crippen LogP contribution in [0.2, 0.25) is 0 Å². The highest BCUT2D eigenvalue weighted by atomic mass is 16.5. The lowest BCUT2D eigenvalue weighted by Crippen LogP contribution is -2.51. The molecule has 0 saturated carbocycles. The molecule has 1 atom stereocenters. The monoisotopic (exact) mass is 250 g/mol. The van der Waals surface area contributed by atoms with Crippen LogP contribution in [0.3, 0.4) is 0 Å². The SMILES string of the molecule is COc1ccccc1NC(=O)C1COCC(=O)N1. The Morgan fingerprint density at radius 3 is 3.00 bits per heavy atom. The first-order valence-electron chi connectivity index (χ1n) is 5.51. The topological polar surface area (TPSA) is 76.7 Å². The molecule has 0 bridgehead atoms. The summed E-state index contributed by atoms with van der Waals surface area (Å²) in [5.41, 5.74) is 0.560. The van der Waals surface area contributed by atoms with Crippen LogP contribution in [0.25, 0.3) is 0 Å². The number of hydrogen-bond donors (Lipinski definition) is 2. The third kappa shape index (κ3) is 2.78. The van der Waals surface area contributed by atoms with Crippen LogP contribution in [0.1, 0.15) is 0 Å². The average Bonchev–Trinajstić information content (AvgIpc) is 2.39. The van der Waals surface area contributed by atoms with Gasteiger partial charge in [-0.2, -0.15) is 0 Å². The van der Waals surface area contributed by atoms with Crippen molar-refractivity contribution in [1.29, 1.82) is 0 Å². The quantitative estimate of drug-likeness (QED) is 0.800. The standard InChI is InChI=1S/C12H14N2O4/c1-17-10-5-3-2-4-8(10)14-12(16)9-6-18-7-11(15)13-9/h2-5,9H,6-7H2,1H3,(H,13,15)(H,14,16). The number of anilines is 1. The van der Waals surface area contributed by atoms with Crippen molar-refractivity contribution >= 4 is 17.5 Å². The van der Waals surface area contributed by atoms with Crippen LogP contribution in [0, 0.1) is 0 Å². The maximum absolute atomic E-state index is 11.9. The Morgan fingerprint density at radius 1 is 1.50 bits per heavy atom. The second-order valence-corrected chi connectivity index (χ2v) is 3.82. The van der Waals surface area contributed by atoms with Crippen molar-refractivity contribution in [2.75, 3.05) is 25.6 Å². The van der Waals surface area contributed by atoms with E-state index in [1.165, 1.54) is 7.11 Å². The zero-order valence-corrected chi connectivity index (χ0v) is 9.93. The molecular weight excluding hydrogens is 236 g/mol. The summed E-state index contributed by atoms with van der Waals surface area (Å²) in [5, 5.41) is 5.25. The zero-order chi connectivity index (χ0) is 13.0. The number of nitrogens with one attached hydrogen (secondary N) is 2. The van der Waals surface area contributed by atoms with Gasteiger partial charge in [0.2, 0.25) is 11.8 Å². The minimum atomic E-state index is -0.670. The minimum Gasteiger partial charge on any atom is -0.495 e. The van der Waals surface area contributed by atoms with Crippen molar-refractivity contribution in [2.45, 2.75) is 6.04 Å². The van der Waals surface area contributed by atoms with E-state index in [0.29, 0.717) is 11.4 Å². The van der Waals surface area contributed by atoms with Crippen LogP contribution in [0.4, 0.5) is 5.69 Å². The van der Waals surface area contributed by atoms with Crippen molar-refractivity contribution in [1.82, 2.24) is 5.32 Å². The lowest BCUT2D eigenvalue weighted by Gasteiger charge is -2.23. The van der Waals surface area contributed by atoms with Crippen molar-refractivity contribution in [3.8, 4) is 5.75 Å². The Hall–Kier alpha value is -2.08. The minimum absolute atomic E-state index is 0.00155. The van der Waals surface area contributed by atoms with Crippen LogP contribution < -0.4 is 15.4 Å². The van der Waals surface area contributed by atoms with Gasteiger partial charge in [-0.1, -0.05) is 12.1 Å². The molecule has 1 fully saturated rings. The van der Waals surface area contributed by atoms with Gasteiger partial charge in [0.15, 0.2) is 0 Å². The number of carbonyl (C=O) groups excluding carboxylic acids is 2. The highest BCUT2D eigenvalue weighted by Crippen LogP contribution is 2.23. The number of benzene rings is 1. The summed E-state index contributed by atoms with van der Waals surface area (Å²) >= 11 is 0. The van der Waals surface area contributed by atoms with Crippen molar-refractivity contribution in [2.24, 2.45) is 0 Å². The summed E-state index contributed by atoms with van der Waals surface area (Å²) in [6, 6.07) is 6.39. The van der Waals surface area contributed by atoms with Gasteiger partial charge in [0.25, 0.3) is 0 Å². The van der Waals surface area contributed by atoms with Gasteiger partial charge in [-0.05, 0) is 12.1 Å². The Balaban J connectivity index is 2.04. The first kappa shape index (κ1) is 12.4. The molecule has 1 aromatic rings. The van der Waals surface area contributed by atoms with Crippen molar-refractivity contribution in [3.05, 3.63) is 24.3 Å². The third-order valence-electron chi connectivity index (χ3n) is 2.53. The maximum Gasteiger partial charge on any atom is 0.249 e. The van der Waals surface area contributed by atoms with Gasteiger partial charge in [0.05, 0.1) is 19.4 Å². The fourth-order valence-corrected chi connectivity index (χ4v) is 1.66. The number of amides is 2. The van der Waals surface area contributed by atoms with Gasteiger partial charge in [-0.15, -0.1) is 0 Å². The molecule has 96 valence electrons. The maximum atomic E-state index is 11.9. The van der Waals surface area contributed by atoms with Gasteiger partial charge in [0, 0.05) is 0 Å². The first-order valence-corrected chi connectivity index (χ1v) is 5.51. The van der Waals surface area contributed by atoms with Gasteiger partial charge in [0.1, 0.15) is 18.4 Å². The molecule has 6 nitrogen and oxygen atoms in total. The van der Waals surface area contributed by atoms with E-state index in [4.69, 9.17) is 9.47 Å². The molecule has 2 amide bonds. The van der Waals surface area contributed by atoms with E-state index in [1.807, 2.05) is 0 Å². The van der Waals surface area contributed by atoms with E-state index >= 15 is 0 Å². The summed E-state index contributed by atoms with van der Waals surface area (Å²) in [6.07, 6.45) is 0. The predicted molar refractivity (Wildman–Crippen MR) is 64.4 cm³/mol. The normalized spacial score (nSPS) is 18.9. The van der Waals surface area contributed by atoms with E-state index in [2.05, 4.69) is 10.6 Å². The number of morpholine rings is 1. The van der Waals surface area contributed by atoms with Crippen LogP contribution in [0.15, 0.2) is 24.3 Å². The molecule has 1 heterocycles. The molecule has 0 radical (unpaired) electrons. The second kappa shape index (κ2) is 5.50. The summed E-state index contributed by atoms with van der Waals surface area (Å²) in [4.78, 5) is 23.0. The Bertz CT molecular complexity index is 461. The highest BCUT2D eigenvalue weighted by Gasteiger charge is 2.25. The molecule has 2 rings (SSSR count). The number of carbonyl (C=O) groups is 2. The van der Waals surface area contributed by atoms with Crippen LogP contribution in [0.5, 0.6) is 5.75 Å². The molecule has 1 aromatic carbocycles. The largest absolute Gasteiger partial charge is 0.495 e. The van der Waals surface area contributed by atoms with Crippen molar-refractivity contribution < 1.29 is 19.1 Å². The van der Waals surface area contributed by atoms with Gasteiger partial charge >= 0.3 is 0 Å². The van der Waals surface area contributed by atoms with Crippen molar-refractivity contribution in [3.63, 3.8) is 0 Å². The molecule has 18 heavy (non-hydrogen) atoms. The predicted octanol–water partition coefficient (Wildman–Crippen LogP) is 0.149. The van der Waals surface area contributed by atoms with Gasteiger partial charge in [-0.3, -0.25) is 9.59 Å². The molecular formula is C12H14N2O4. The smallest absolute Gasteiger partial charge is 0.249 e. The average molecular weight is 250 g/mol. The zero-order valence-electron chi connectivity index (χ0n) is 9.93. The van der Waals surface area contributed by atoms with Crippen LogP contribution in [-0.2, 0) is 14.3 Å². The molecule has 1 unspecified atom stereocenters. The summed E-state index contributed by atoms with van der Waals surface area (Å²) in [7, 11) is 1.52. The molecule has 1 saturated heterocycles. The fourth-order valence-electron chi connectivity index (χ4n) is 1.66. The summed E-state index contributed by atoms with van der Waals surface area (Å²) in [6.45, 7) is 0.172. The summed E-state index contributed by atoms with van der Waals surface area (Å²) in [5.74, 6) is -0.0529. The fraction of sp³-hybridized carbons (Fsp3) is 0.333. The molecule has 6 heteroatoms. The molecule has 1 aliphatic rings. The lowest BCUT2D eigenvalue weighted by molar-refractivity contribution is -0.136. The number of ether oxygens (including phenoxy) is 2. The Morgan fingerprint density at radius 2 is 2.28 bits per heavy atom. The Kier molecular flexibility index (Phi) is 3.78. The highest BCUT2D eigenvalue weighted by molar-refractivity contribution is 5.98. The third-order valence-corrected chi connectivity index (χ3v) is 2.53. The first-order chi connectivity index (χ1) is 8.70. The molecule has 0 spiro atoms. The van der Waals surface area contributed by atoms with E-state index in [9.17, 15) is 9.59 Å². The van der Waals surface area contributed by atoms with E-state index < -0.39 is 6.04 Å². The van der Waals surface area contributed by atoms with E-state index in [-0.39, 0.29) is 25.0 Å². The van der Waals surface area contributed by atoms with Crippen LogP contribution >= 0.6 is 0 Å². The van der Waals surface area contributed by atoms with Gasteiger partial charge < -0.3 is 20.1 Å². The number of methoxy groups -OCH3 is 1. The number of rotatable bonds is 3. The van der Waals surface area contributed by atoms with Crippen LogP contribution in [-0.4, -0.2) is 38.2 Å². The van der Waals surface area contributed by atoms with E-state index in [0.717, 1.165) is 0 Å². The van der Waals surface area contributed by atoms with E-state index in [1.54, 1.807) is 24.3 Å². The number of para-hydroxylation sites is 2. The molecule has 0 aliphatic carbocycles. The van der Waals surface area contributed by atoms with Gasteiger partial charge in [-0.25, -0.2) is 0 Å². The lowest BCUT2D eigenvalue weighted by atomic mass is 10.2. The second-order valence-electron chi connectivity index (χ2n) is 3.82. The molecule has 0 aromatic heterocycles. The molecule has 2 N–H and O–H groups in total. The summed E-state index contributed by atoms with van der Waals surface area (Å²) < 4.78 is 10.1.